The normalized spacial score (nSPS) is 16.4. The molecule has 0 spiro atoms. The van der Waals surface area contributed by atoms with E-state index in [-0.39, 0.29) is 22.9 Å². The lowest BCUT2D eigenvalue weighted by Gasteiger charge is -2.21. The molecule has 2 heterocycles. The van der Waals surface area contributed by atoms with Gasteiger partial charge in [-0.05, 0) is 49.2 Å². The summed E-state index contributed by atoms with van der Waals surface area (Å²) in [6.45, 7) is 0.371. The van der Waals surface area contributed by atoms with Crippen molar-refractivity contribution in [1.29, 1.82) is 0 Å². The van der Waals surface area contributed by atoms with Crippen LogP contribution in [0.4, 0.5) is 0 Å². The number of carbonyl (C=O) groups is 2. The van der Waals surface area contributed by atoms with Crippen molar-refractivity contribution in [1.82, 2.24) is 15.1 Å². The number of imide groups is 1. The zero-order valence-electron chi connectivity index (χ0n) is 18.1. The minimum atomic E-state index is -0.503. The Labute approximate surface area is 200 Å². The van der Waals surface area contributed by atoms with Crippen molar-refractivity contribution in [2.75, 3.05) is 20.8 Å². The Morgan fingerprint density at radius 1 is 1.09 bits per heavy atom. The van der Waals surface area contributed by atoms with Crippen molar-refractivity contribution >= 4 is 35.2 Å². The van der Waals surface area contributed by atoms with Crippen LogP contribution in [0.15, 0.2) is 52.1 Å². The molecule has 0 saturated carbocycles. The molecule has 3 aromatic rings. The number of methoxy groups -OCH3 is 2. The first-order valence-electron chi connectivity index (χ1n) is 10.3. The average molecular weight is 488 g/mol. The van der Waals surface area contributed by atoms with Crippen molar-refractivity contribution in [2.24, 2.45) is 0 Å². The minimum absolute atomic E-state index is 0.255. The van der Waals surface area contributed by atoms with E-state index in [0.29, 0.717) is 40.6 Å². The number of ether oxygens (including phenoxy) is 2. The maximum atomic E-state index is 13.2. The lowest BCUT2D eigenvalue weighted by molar-refractivity contribution is -0.127. The summed E-state index contributed by atoms with van der Waals surface area (Å²) in [5, 5.41) is 8.49. The Morgan fingerprint density at radius 2 is 1.79 bits per heavy atom. The van der Waals surface area contributed by atoms with Gasteiger partial charge in [-0.15, -0.1) is 10.2 Å². The van der Waals surface area contributed by atoms with E-state index in [1.807, 2.05) is 0 Å². The van der Waals surface area contributed by atoms with Gasteiger partial charge in [-0.3, -0.25) is 14.5 Å². The fourth-order valence-corrected chi connectivity index (χ4v) is 4.59. The Bertz CT molecular complexity index is 1130. The fourth-order valence-electron chi connectivity index (χ4n) is 3.49. The third kappa shape index (κ3) is 5.31. The summed E-state index contributed by atoms with van der Waals surface area (Å²) in [5.41, 5.74) is 1.06. The molecule has 10 heteroatoms. The highest BCUT2D eigenvalue weighted by molar-refractivity contribution is 8.00. The van der Waals surface area contributed by atoms with Crippen LogP contribution in [0.5, 0.6) is 11.5 Å². The molecule has 0 radical (unpaired) electrons. The van der Waals surface area contributed by atoms with Gasteiger partial charge in [-0.2, -0.15) is 0 Å². The van der Waals surface area contributed by atoms with Crippen molar-refractivity contribution in [3.8, 4) is 23.0 Å². The van der Waals surface area contributed by atoms with Crippen molar-refractivity contribution in [3.05, 3.63) is 53.1 Å². The summed E-state index contributed by atoms with van der Waals surface area (Å²) in [6, 6.07) is 11.8. The molecule has 1 atom stereocenters. The van der Waals surface area contributed by atoms with E-state index < -0.39 is 5.25 Å². The highest BCUT2D eigenvalue weighted by atomic mass is 35.5. The molecule has 4 rings (SSSR count). The van der Waals surface area contributed by atoms with Crippen LogP contribution in [0.3, 0.4) is 0 Å². The summed E-state index contributed by atoms with van der Waals surface area (Å²) in [4.78, 5) is 27.5. The largest absolute Gasteiger partial charge is 0.497 e. The lowest BCUT2D eigenvalue weighted by Crippen LogP contribution is -2.41. The number of halogens is 1. The lowest BCUT2D eigenvalue weighted by atomic mass is 10.2. The Kier molecular flexibility index (Phi) is 7.20. The molecule has 8 nitrogen and oxygen atoms in total. The van der Waals surface area contributed by atoms with Crippen LogP contribution in [-0.4, -0.2) is 52.9 Å². The van der Waals surface area contributed by atoms with Crippen LogP contribution in [0.25, 0.3) is 11.5 Å². The first kappa shape index (κ1) is 23.1. The van der Waals surface area contributed by atoms with Crippen LogP contribution in [-0.2, 0) is 4.79 Å². The van der Waals surface area contributed by atoms with Gasteiger partial charge in [0.2, 0.25) is 11.8 Å². The number of hydrogen-bond donors (Lipinski definition) is 0. The molecule has 0 aliphatic carbocycles. The number of hydrogen-bond acceptors (Lipinski definition) is 8. The molecular formula is C23H22ClN3O5S. The molecule has 0 unspecified atom stereocenters. The zero-order chi connectivity index (χ0) is 23.4. The van der Waals surface area contributed by atoms with Gasteiger partial charge in [0.05, 0.1) is 19.5 Å². The second-order valence-electron chi connectivity index (χ2n) is 7.38. The van der Waals surface area contributed by atoms with Crippen molar-refractivity contribution in [3.63, 3.8) is 0 Å². The molecule has 2 aromatic carbocycles. The van der Waals surface area contributed by atoms with E-state index in [4.69, 9.17) is 25.5 Å². The quantitative estimate of drug-likeness (QED) is 0.461. The van der Waals surface area contributed by atoms with E-state index in [9.17, 15) is 9.59 Å². The molecular weight excluding hydrogens is 466 g/mol. The maximum absolute atomic E-state index is 13.2. The molecule has 0 bridgehead atoms. The number of nitrogens with zero attached hydrogens (tertiary/aromatic N) is 3. The number of aromatic nitrogens is 2. The maximum Gasteiger partial charge on any atom is 0.277 e. The fraction of sp³-hybridized carbons (Fsp3) is 0.304. The van der Waals surface area contributed by atoms with Crippen LogP contribution in [0, 0.1) is 0 Å². The third-order valence-corrected chi connectivity index (χ3v) is 6.56. The highest BCUT2D eigenvalue weighted by Gasteiger charge is 2.33. The van der Waals surface area contributed by atoms with Gasteiger partial charge >= 0.3 is 0 Å². The summed E-state index contributed by atoms with van der Waals surface area (Å²) in [7, 11) is 3.12. The first-order chi connectivity index (χ1) is 16.0. The molecule has 2 amide bonds. The number of likely N-dealkylation sites (tertiary alicyclic amines) is 1. The molecule has 1 fully saturated rings. The first-order valence-corrected chi connectivity index (χ1v) is 11.6. The molecule has 172 valence electrons. The average Bonchev–Trinajstić information content (AvgIpc) is 3.23. The van der Waals surface area contributed by atoms with Gasteiger partial charge in [0.1, 0.15) is 11.5 Å². The van der Waals surface area contributed by atoms with Crippen LogP contribution in [0.2, 0.25) is 5.02 Å². The van der Waals surface area contributed by atoms with Crippen molar-refractivity contribution in [2.45, 2.75) is 29.7 Å². The summed E-state index contributed by atoms with van der Waals surface area (Å²) < 4.78 is 16.4. The van der Waals surface area contributed by atoms with Gasteiger partial charge in [0.25, 0.3) is 11.1 Å². The molecule has 0 N–H and O–H groups in total. The van der Waals surface area contributed by atoms with Gasteiger partial charge in [-0.1, -0.05) is 29.8 Å². The van der Waals surface area contributed by atoms with E-state index >= 15 is 0 Å². The van der Waals surface area contributed by atoms with E-state index in [0.717, 1.165) is 12.8 Å². The van der Waals surface area contributed by atoms with Gasteiger partial charge in [-0.25, -0.2) is 0 Å². The van der Waals surface area contributed by atoms with Gasteiger partial charge in [0, 0.05) is 28.8 Å². The van der Waals surface area contributed by atoms with Crippen LogP contribution in [0.1, 0.15) is 29.6 Å². The SMILES string of the molecule is COc1cc(OC)cc(-c2nnc(S[C@@H]3CCCCN(C(=O)c4ccc(Cl)cc4)C3=O)o2)c1. The number of amides is 2. The Morgan fingerprint density at radius 3 is 2.45 bits per heavy atom. The number of benzene rings is 2. The minimum Gasteiger partial charge on any atom is -0.497 e. The number of thioether (sulfide) groups is 1. The van der Waals surface area contributed by atoms with Gasteiger partial charge in [0.15, 0.2) is 0 Å². The predicted molar refractivity (Wildman–Crippen MR) is 124 cm³/mol. The molecule has 1 aromatic heterocycles. The van der Waals surface area contributed by atoms with Crippen LogP contribution < -0.4 is 9.47 Å². The summed E-state index contributed by atoms with van der Waals surface area (Å²) >= 11 is 7.09. The molecule has 33 heavy (non-hydrogen) atoms. The zero-order valence-corrected chi connectivity index (χ0v) is 19.7. The second kappa shape index (κ2) is 10.3. The predicted octanol–water partition coefficient (Wildman–Crippen LogP) is 4.72. The molecule has 1 aliphatic heterocycles. The van der Waals surface area contributed by atoms with Crippen molar-refractivity contribution < 1.29 is 23.5 Å². The van der Waals surface area contributed by atoms with E-state index in [1.54, 1.807) is 56.7 Å². The number of carbonyl (C=O) groups excluding carboxylic acids is 2. The number of rotatable bonds is 6. The van der Waals surface area contributed by atoms with E-state index in [2.05, 4.69) is 10.2 Å². The second-order valence-corrected chi connectivity index (χ2v) is 8.97. The molecule has 1 saturated heterocycles. The topological polar surface area (TPSA) is 94.8 Å². The van der Waals surface area contributed by atoms with Crippen LogP contribution >= 0.6 is 23.4 Å². The van der Waals surface area contributed by atoms with Gasteiger partial charge < -0.3 is 13.9 Å². The third-order valence-electron chi connectivity index (χ3n) is 5.22. The highest BCUT2D eigenvalue weighted by Crippen LogP contribution is 2.34. The summed E-state index contributed by atoms with van der Waals surface area (Å²) in [5.74, 6) is 0.864. The smallest absolute Gasteiger partial charge is 0.277 e. The monoisotopic (exact) mass is 487 g/mol. The summed E-state index contributed by atoms with van der Waals surface area (Å²) in [6.07, 6.45) is 2.15. The van der Waals surface area contributed by atoms with E-state index in [1.165, 1.54) is 16.7 Å². The Hall–Kier alpha value is -3.04. The standard InChI is InChI=1S/C23H22ClN3O5S/c1-30-17-11-15(12-18(13-17)31-2)20-25-26-23(32-20)33-19-5-3-4-10-27(22(19)29)21(28)14-6-8-16(24)9-7-14/h6-9,11-13,19H,3-5,10H2,1-2H3/t19-/m1/s1. The molecule has 1 aliphatic rings. The Balaban J connectivity index is 1.52.